The zero-order chi connectivity index (χ0) is 32.0. The van der Waals surface area contributed by atoms with Crippen LogP contribution in [0.3, 0.4) is 0 Å². The smallest absolute Gasteiger partial charge is 0.160 e. The van der Waals surface area contributed by atoms with Crippen molar-refractivity contribution in [3.8, 4) is 73.4 Å². The van der Waals surface area contributed by atoms with Gasteiger partial charge in [0.2, 0.25) is 0 Å². The Kier molecular flexibility index (Phi) is 6.85. The van der Waals surface area contributed by atoms with E-state index in [0.29, 0.717) is 11.4 Å². The van der Waals surface area contributed by atoms with E-state index in [-0.39, 0.29) is 5.41 Å². The summed E-state index contributed by atoms with van der Waals surface area (Å²) in [5.74, 6) is 0.693. The van der Waals surface area contributed by atoms with Crippen LogP contribution < -0.4 is 0 Å². The van der Waals surface area contributed by atoms with Crippen LogP contribution in [0, 0.1) is 11.3 Å². The molecule has 0 fully saturated rings. The lowest BCUT2D eigenvalue weighted by Gasteiger charge is -2.22. The molecule has 0 radical (unpaired) electrons. The minimum Gasteiger partial charge on any atom is -0.228 e. The van der Waals surface area contributed by atoms with Crippen LogP contribution in [0.25, 0.3) is 67.3 Å². The van der Waals surface area contributed by atoms with Crippen LogP contribution in [0.1, 0.15) is 30.5 Å². The molecule has 1 aromatic heterocycles. The second-order valence-electron chi connectivity index (χ2n) is 12.6. The van der Waals surface area contributed by atoms with E-state index < -0.39 is 0 Å². The lowest BCUT2D eigenvalue weighted by molar-refractivity contribution is 0.660. The lowest BCUT2D eigenvalue weighted by Crippen LogP contribution is -2.15. The van der Waals surface area contributed by atoms with Crippen molar-refractivity contribution < 1.29 is 0 Å². The summed E-state index contributed by atoms with van der Waals surface area (Å²) in [6.07, 6.45) is 0. The average Bonchev–Trinajstić information content (AvgIpc) is 3.37. The Morgan fingerprint density at radius 2 is 1.02 bits per heavy atom. The van der Waals surface area contributed by atoms with Crippen molar-refractivity contribution >= 4 is 0 Å². The van der Waals surface area contributed by atoms with Crippen LogP contribution in [0.15, 0.2) is 152 Å². The summed E-state index contributed by atoms with van der Waals surface area (Å²) in [6, 6.07) is 55.0. The van der Waals surface area contributed by atoms with Gasteiger partial charge < -0.3 is 0 Å². The first-order chi connectivity index (χ1) is 23.0. The van der Waals surface area contributed by atoms with Crippen LogP contribution in [-0.4, -0.2) is 9.97 Å². The number of nitrogens with zero attached hydrogens (tertiary/aromatic N) is 3. The van der Waals surface area contributed by atoms with Gasteiger partial charge in [-0.25, -0.2) is 9.97 Å². The summed E-state index contributed by atoms with van der Waals surface area (Å²) in [7, 11) is 0. The molecule has 6 aromatic carbocycles. The highest BCUT2D eigenvalue weighted by molar-refractivity contribution is 5.85. The van der Waals surface area contributed by atoms with E-state index in [9.17, 15) is 5.26 Å². The predicted molar refractivity (Wildman–Crippen MR) is 191 cm³/mol. The first kappa shape index (κ1) is 28.4. The molecule has 0 saturated carbocycles. The molecular weight excluding hydrogens is 571 g/mol. The third-order valence-electron chi connectivity index (χ3n) is 9.32. The normalized spacial score (nSPS) is 12.6. The van der Waals surface area contributed by atoms with Crippen LogP contribution in [0.5, 0.6) is 0 Å². The number of hydrogen-bond donors (Lipinski definition) is 0. The molecule has 0 unspecified atom stereocenters. The van der Waals surface area contributed by atoms with Crippen molar-refractivity contribution in [3.63, 3.8) is 0 Å². The van der Waals surface area contributed by atoms with E-state index in [0.717, 1.165) is 55.9 Å². The van der Waals surface area contributed by atoms with Gasteiger partial charge >= 0.3 is 0 Å². The van der Waals surface area contributed by atoms with Gasteiger partial charge in [-0.05, 0) is 80.9 Å². The van der Waals surface area contributed by atoms with Gasteiger partial charge in [-0.15, -0.1) is 0 Å². The first-order valence-corrected chi connectivity index (χ1v) is 15.9. The molecule has 0 aliphatic heterocycles. The van der Waals surface area contributed by atoms with Gasteiger partial charge in [-0.2, -0.15) is 5.26 Å². The van der Waals surface area contributed by atoms with Crippen molar-refractivity contribution in [2.24, 2.45) is 0 Å². The Morgan fingerprint density at radius 1 is 0.447 bits per heavy atom. The highest BCUT2D eigenvalue weighted by atomic mass is 14.9. The Balaban J connectivity index is 1.22. The fraction of sp³-hybridized carbons (Fsp3) is 0.0682. The van der Waals surface area contributed by atoms with Gasteiger partial charge in [-0.3, -0.25) is 0 Å². The summed E-state index contributed by atoms with van der Waals surface area (Å²) in [6.45, 7) is 4.54. The topological polar surface area (TPSA) is 49.6 Å². The van der Waals surface area contributed by atoms with E-state index in [1.807, 2.05) is 36.4 Å². The van der Waals surface area contributed by atoms with E-state index >= 15 is 0 Å². The molecule has 1 aliphatic rings. The minimum atomic E-state index is -0.160. The Bertz CT molecular complexity index is 2330. The quantitative estimate of drug-likeness (QED) is 0.197. The zero-order valence-corrected chi connectivity index (χ0v) is 26.3. The van der Waals surface area contributed by atoms with Gasteiger partial charge in [0.15, 0.2) is 5.82 Å². The molecule has 8 rings (SSSR count). The fourth-order valence-corrected chi connectivity index (χ4v) is 6.81. The number of benzene rings is 6. The van der Waals surface area contributed by atoms with Crippen molar-refractivity contribution in [2.75, 3.05) is 0 Å². The summed E-state index contributed by atoms with van der Waals surface area (Å²) < 4.78 is 0. The molecule has 0 atom stereocenters. The third kappa shape index (κ3) is 5.11. The van der Waals surface area contributed by atoms with Gasteiger partial charge in [0, 0.05) is 22.1 Å². The number of hydrogen-bond acceptors (Lipinski definition) is 3. The number of rotatable bonds is 5. The maximum atomic E-state index is 9.52. The minimum absolute atomic E-state index is 0.160. The third-order valence-corrected chi connectivity index (χ3v) is 9.32. The summed E-state index contributed by atoms with van der Waals surface area (Å²) in [5, 5.41) is 9.52. The second kappa shape index (κ2) is 11.4. The van der Waals surface area contributed by atoms with E-state index in [4.69, 9.17) is 9.97 Å². The monoisotopic (exact) mass is 601 g/mol. The first-order valence-electron chi connectivity index (χ1n) is 15.9. The largest absolute Gasteiger partial charge is 0.228 e. The van der Waals surface area contributed by atoms with Gasteiger partial charge in [0.1, 0.15) is 0 Å². The number of nitriles is 1. The Labute approximate surface area is 275 Å². The van der Waals surface area contributed by atoms with Crippen molar-refractivity contribution in [3.05, 3.63) is 168 Å². The van der Waals surface area contributed by atoms with Crippen LogP contribution in [0.4, 0.5) is 0 Å². The van der Waals surface area contributed by atoms with Crippen molar-refractivity contribution in [1.82, 2.24) is 9.97 Å². The molecule has 0 amide bonds. The summed E-state index contributed by atoms with van der Waals surface area (Å²) in [5.41, 5.74) is 14.8. The summed E-state index contributed by atoms with van der Waals surface area (Å²) in [4.78, 5) is 10.2. The summed E-state index contributed by atoms with van der Waals surface area (Å²) >= 11 is 0. The lowest BCUT2D eigenvalue weighted by atomic mass is 9.81. The molecule has 222 valence electrons. The molecule has 1 aliphatic carbocycles. The highest BCUT2D eigenvalue weighted by Crippen LogP contribution is 2.50. The van der Waals surface area contributed by atoms with Gasteiger partial charge in [0.05, 0.1) is 23.0 Å². The van der Waals surface area contributed by atoms with E-state index in [2.05, 4.69) is 135 Å². The molecule has 1 heterocycles. The van der Waals surface area contributed by atoms with Crippen LogP contribution in [-0.2, 0) is 5.41 Å². The van der Waals surface area contributed by atoms with Gasteiger partial charge in [0.25, 0.3) is 0 Å². The second-order valence-corrected chi connectivity index (χ2v) is 12.6. The maximum absolute atomic E-state index is 9.52. The van der Waals surface area contributed by atoms with Gasteiger partial charge in [-0.1, -0.05) is 129 Å². The molecular formula is C44H31N3. The molecule has 0 saturated heterocycles. The Hall–Kier alpha value is -6.11. The SMILES string of the molecule is CC1(C)c2ccc(C#N)cc2-c2ccc(-c3cccc(-c4cc(-c5ccccc5)nc(-c5cccc(-c6ccccc6)c5)n4)c3)cc21. The average molecular weight is 602 g/mol. The molecule has 3 heteroatoms. The predicted octanol–water partition coefficient (Wildman–Crippen LogP) is 11.0. The molecule has 3 nitrogen and oxygen atoms in total. The van der Waals surface area contributed by atoms with E-state index in [1.165, 1.54) is 16.7 Å². The van der Waals surface area contributed by atoms with Crippen molar-refractivity contribution in [2.45, 2.75) is 19.3 Å². The number of aromatic nitrogens is 2. The highest BCUT2D eigenvalue weighted by Gasteiger charge is 2.35. The van der Waals surface area contributed by atoms with Crippen molar-refractivity contribution in [1.29, 1.82) is 5.26 Å². The molecule has 0 spiro atoms. The van der Waals surface area contributed by atoms with Crippen LogP contribution >= 0.6 is 0 Å². The molecule has 0 bridgehead atoms. The Morgan fingerprint density at radius 3 is 1.74 bits per heavy atom. The zero-order valence-electron chi connectivity index (χ0n) is 26.3. The standard InChI is InChI=1S/C44H31N3/c1-44(2)39-22-19-29(28-45)23-38(39)37-21-20-34(26-40(37)44)33-16-9-17-35(24-33)42-27-41(31-13-7-4-8-14-31)46-43(47-42)36-18-10-15-32(25-36)30-11-5-3-6-12-30/h3-27H,1-2H3. The maximum Gasteiger partial charge on any atom is 0.160 e. The fourth-order valence-electron chi connectivity index (χ4n) is 6.81. The van der Waals surface area contributed by atoms with Crippen LogP contribution in [0.2, 0.25) is 0 Å². The number of fused-ring (bicyclic) bond motifs is 3. The molecule has 0 N–H and O–H groups in total. The van der Waals surface area contributed by atoms with E-state index in [1.54, 1.807) is 0 Å². The molecule has 7 aromatic rings. The molecule has 47 heavy (non-hydrogen) atoms.